The summed E-state index contributed by atoms with van der Waals surface area (Å²) in [4.78, 5) is 37.3. The molecular weight excluding hydrogens is 386 g/mol. The molecule has 1 atom stereocenters. The van der Waals surface area contributed by atoms with Gasteiger partial charge in [0.1, 0.15) is 0 Å². The SMILES string of the molecule is CC(CNC(=O)COC(=O)c1cc([N+](=O)[O-])ccc1N1CCCC1)c1ccccc1. The fourth-order valence-electron chi connectivity index (χ4n) is 3.46. The van der Waals surface area contributed by atoms with E-state index in [2.05, 4.69) is 5.32 Å². The first kappa shape index (κ1) is 21.3. The van der Waals surface area contributed by atoms with Gasteiger partial charge in [0.25, 0.3) is 11.6 Å². The number of benzene rings is 2. The Labute approximate surface area is 175 Å². The van der Waals surface area contributed by atoms with Gasteiger partial charge in [0.15, 0.2) is 6.61 Å². The molecule has 1 heterocycles. The van der Waals surface area contributed by atoms with Crippen LogP contribution in [0.2, 0.25) is 0 Å². The zero-order valence-electron chi connectivity index (χ0n) is 16.9. The van der Waals surface area contributed by atoms with E-state index >= 15 is 0 Å². The number of carbonyl (C=O) groups excluding carboxylic acids is 2. The standard InChI is InChI=1S/C22H25N3O5/c1-16(17-7-3-2-4-8-17)14-23-21(26)15-30-22(27)19-13-18(25(28)29)9-10-20(19)24-11-5-6-12-24/h2-4,7-10,13,16H,5-6,11-12,14-15H2,1H3,(H,23,26). The van der Waals surface area contributed by atoms with Gasteiger partial charge in [0.2, 0.25) is 0 Å². The normalized spacial score (nSPS) is 14.2. The van der Waals surface area contributed by atoms with Crippen molar-refractivity contribution in [1.82, 2.24) is 5.32 Å². The van der Waals surface area contributed by atoms with Crippen LogP contribution in [0.15, 0.2) is 48.5 Å². The summed E-state index contributed by atoms with van der Waals surface area (Å²) in [7, 11) is 0. The number of nitro groups is 1. The molecule has 1 fully saturated rings. The maximum absolute atomic E-state index is 12.6. The molecule has 8 nitrogen and oxygen atoms in total. The zero-order valence-corrected chi connectivity index (χ0v) is 16.9. The molecule has 158 valence electrons. The Hall–Kier alpha value is -3.42. The van der Waals surface area contributed by atoms with Crippen LogP contribution >= 0.6 is 0 Å². The van der Waals surface area contributed by atoms with Crippen LogP contribution in [0.5, 0.6) is 0 Å². The van der Waals surface area contributed by atoms with E-state index in [-0.39, 0.29) is 17.2 Å². The summed E-state index contributed by atoms with van der Waals surface area (Å²) in [6, 6.07) is 13.9. The highest BCUT2D eigenvalue weighted by atomic mass is 16.6. The molecule has 1 saturated heterocycles. The number of hydrogen-bond acceptors (Lipinski definition) is 6. The van der Waals surface area contributed by atoms with Crippen molar-refractivity contribution in [3.63, 3.8) is 0 Å². The third-order valence-corrected chi connectivity index (χ3v) is 5.17. The van der Waals surface area contributed by atoms with Crippen LogP contribution in [-0.2, 0) is 9.53 Å². The summed E-state index contributed by atoms with van der Waals surface area (Å²) < 4.78 is 5.16. The van der Waals surface area contributed by atoms with Crippen LogP contribution in [0.1, 0.15) is 41.6 Å². The van der Waals surface area contributed by atoms with Crippen molar-refractivity contribution in [2.24, 2.45) is 0 Å². The predicted molar refractivity (Wildman–Crippen MR) is 113 cm³/mol. The highest BCUT2D eigenvalue weighted by Crippen LogP contribution is 2.29. The molecule has 2 aromatic rings. The molecule has 3 rings (SSSR count). The largest absolute Gasteiger partial charge is 0.452 e. The van der Waals surface area contributed by atoms with Crippen LogP contribution < -0.4 is 10.2 Å². The van der Waals surface area contributed by atoms with Gasteiger partial charge in [-0.05, 0) is 30.4 Å². The van der Waals surface area contributed by atoms with Crippen LogP contribution in [0.3, 0.4) is 0 Å². The molecule has 8 heteroatoms. The molecule has 0 aromatic heterocycles. The van der Waals surface area contributed by atoms with Gasteiger partial charge in [-0.1, -0.05) is 37.3 Å². The van der Waals surface area contributed by atoms with Gasteiger partial charge < -0.3 is 15.0 Å². The molecular formula is C22H25N3O5. The summed E-state index contributed by atoms with van der Waals surface area (Å²) in [6.07, 6.45) is 1.99. The Kier molecular flexibility index (Phi) is 7.00. The third kappa shape index (κ3) is 5.34. The van der Waals surface area contributed by atoms with Gasteiger partial charge in [-0.2, -0.15) is 0 Å². The van der Waals surface area contributed by atoms with Gasteiger partial charge in [0.05, 0.1) is 16.2 Å². The van der Waals surface area contributed by atoms with Crippen molar-refractivity contribution >= 4 is 23.3 Å². The van der Waals surface area contributed by atoms with E-state index in [9.17, 15) is 19.7 Å². The summed E-state index contributed by atoms with van der Waals surface area (Å²) >= 11 is 0. The Morgan fingerprint density at radius 1 is 1.17 bits per heavy atom. The second-order valence-electron chi connectivity index (χ2n) is 7.34. The second kappa shape index (κ2) is 9.87. The number of nitro benzene ring substituents is 1. The molecule has 0 aliphatic carbocycles. The molecule has 0 radical (unpaired) electrons. The van der Waals surface area contributed by atoms with Crippen molar-refractivity contribution in [2.45, 2.75) is 25.7 Å². The quantitative estimate of drug-likeness (QED) is 0.406. The first-order valence-corrected chi connectivity index (χ1v) is 9.98. The summed E-state index contributed by atoms with van der Waals surface area (Å²) in [6.45, 7) is 3.51. The number of nitrogens with zero attached hydrogens (tertiary/aromatic N) is 2. The second-order valence-corrected chi connectivity index (χ2v) is 7.34. The topological polar surface area (TPSA) is 102 Å². The number of anilines is 1. The maximum Gasteiger partial charge on any atom is 0.341 e. The minimum atomic E-state index is -0.744. The number of esters is 1. The Morgan fingerprint density at radius 2 is 1.87 bits per heavy atom. The van der Waals surface area contributed by atoms with Crippen molar-refractivity contribution < 1.29 is 19.2 Å². The number of rotatable bonds is 8. The van der Waals surface area contributed by atoms with E-state index in [0.29, 0.717) is 12.2 Å². The molecule has 2 aromatic carbocycles. The molecule has 0 bridgehead atoms. The van der Waals surface area contributed by atoms with Gasteiger partial charge in [-0.15, -0.1) is 0 Å². The van der Waals surface area contributed by atoms with E-state index in [0.717, 1.165) is 31.5 Å². The molecule has 1 aliphatic heterocycles. The van der Waals surface area contributed by atoms with Gasteiger partial charge in [-0.3, -0.25) is 14.9 Å². The lowest BCUT2D eigenvalue weighted by molar-refractivity contribution is -0.384. The number of amides is 1. The lowest BCUT2D eigenvalue weighted by Gasteiger charge is -2.20. The van der Waals surface area contributed by atoms with Crippen molar-refractivity contribution in [3.8, 4) is 0 Å². The summed E-state index contributed by atoms with van der Waals surface area (Å²) in [5.74, 6) is -1.05. The van der Waals surface area contributed by atoms with Crippen LogP contribution in [0.25, 0.3) is 0 Å². The van der Waals surface area contributed by atoms with E-state index in [1.54, 1.807) is 6.07 Å². The van der Waals surface area contributed by atoms with E-state index < -0.39 is 23.4 Å². The van der Waals surface area contributed by atoms with Crippen LogP contribution in [-0.4, -0.2) is 43.0 Å². The maximum atomic E-state index is 12.6. The summed E-state index contributed by atoms with van der Waals surface area (Å²) in [5, 5.41) is 13.9. The van der Waals surface area contributed by atoms with Gasteiger partial charge in [0, 0.05) is 31.8 Å². The zero-order chi connectivity index (χ0) is 21.5. The molecule has 1 aliphatic rings. The minimum Gasteiger partial charge on any atom is -0.452 e. The number of ether oxygens (including phenoxy) is 1. The number of nitrogens with one attached hydrogen (secondary N) is 1. The lowest BCUT2D eigenvalue weighted by atomic mass is 10.0. The minimum absolute atomic E-state index is 0.108. The van der Waals surface area contributed by atoms with Crippen LogP contribution in [0, 0.1) is 10.1 Å². The third-order valence-electron chi connectivity index (χ3n) is 5.17. The van der Waals surface area contributed by atoms with Crippen molar-refractivity contribution in [1.29, 1.82) is 0 Å². The Bertz CT molecular complexity index is 910. The number of non-ortho nitro benzene ring substituents is 1. The van der Waals surface area contributed by atoms with Gasteiger partial charge >= 0.3 is 5.97 Å². The number of hydrogen-bond donors (Lipinski definition) is 1. The molecule has 0 saturated carbocycles. The van der Waals surface area contributed by atoms with Crippen molar-refractivity contribution in [2.75, 3.05) is 31.1 Å². The van der Waals surface area contributed by atoms with Crippen molar-refractivity contribution in [3.05, 3.63) is 69.8 Å². The smallest absolute Gasteiger partial charge is 0.341 e. The van der Waals surface area contributed by atoms with E-state index in [1.165, 1.54) is 12.1 Å². The Morgan fingerprint density at radius 3 is 2.53 bits per heavy atom. The van der Waals surface area contributed by atoms with E-state index in [1.807, 2.05) is 42.2 Å². The lowest BCUT2D eigenvalue weighted by Crippen LogP contribution is -2.32. The molecule has 0 spiro atoms. The monoisotopic (exact) mass is 411 g/mol. The fraction of sp³-hybridized carbons (Fsp3) is 0.364. The highest BCUT2D eigenvalue weighted by Gasteiger charge is 2.24. The summed E-state index contributed by atoms with van der Waals surface area (Å²) in [5.41, 5.74) is 1.62. The van der Waals surface area contributed by atoms with E-state index in [4.69, 9.17) is 4.74 Å². The Balaban J connectivity index is 1.60. The molecule has 1 N–H and O–H groups in total. The average Bonchev–Trinajstić information content (AvgIpc) is 3.30. The molecule has 1 amide bonds. The molecule has 30 heavy (non-hydrogen) atoms. The first-order chi connectivity index (χ1) is 14.5. The fourth-order valence-corrected chi connectivity index (χ4v) is 3.46. The van der Waals surface area contributed by atoms with Gasteiger partial charge in [-0.25, -0.2) is 4.79 Å². The predicted octanol–water partition coefficient (Wildman–Crippen LogP) is 3.27. The first-order valence-electron chi connectivity index (χ1n) is 9.98. The van der Waals surface area contributed by atoms with Crippen LogP contribution in [0.4, 0.5) is 11.4 Å². The highest BCUT2D eigenvalue weighted by molar-refractivity contribution is 5.97. The number of carbonyl (C=O) groups is 2. The molecule has 1 unspecified atom stereocenters. The average molecular weight is 411 g/mol.